The molecule has 0 spiro atoms. The normalized spacial score (nSPS) is 11.6. The predicted octanol–water partition coefficient (Wildman–Crippen LogP) is 4.81. The van der Waals surface area contributed by atoms with Crippen LogP contribution in [0.3, 0.4) is 0 Å². The van der Waals surface area contributed by atoms with E-state index in [1.807, 2.05) is 12.1 Å². The highest BCUT2D eigenvalue weighted by molar-refractivity contribution is 5.92. The average molecular weight is 447 g/mol. The second-order valence-corrected chi connectivity index (χ2v) is 7.28. The smallest absolute Gasteiger partial charge is 0.416 e. The van der Waals surface area contributed by atoms with E-state index in [1.54, 1.807) is 24.1 Å². The molecule has 0 saturated carbocycles. The summed E-state index contributed by atoms with van der Waals surface area (Å²) in [5.74, 6) is -0.637. The molecular formula is C23H21F4N3O2. The van der Waals surface area contributed by atoms with Gasteiger partial charge in [-0.3, -0.25) is 4.79 Å². The Labute approximate surface area is 182 Å². The van der Waals surface area contributed by atoms with Crippen molar-refractivity contribution >= 4 is 5.91 Å². The number of nitrogens with zero attached hydrogens (tertiary/aromatic N) is 2. The van der Waals surface area contributed by atoms with E-state index in [-0.39, 0.29) is 17.7 Å². The highest BCUT2D eigenvalue weighted by Gasteiger charge is 2.33. The van der Waals surface area contributed by atoms with Crippen LogP contribution >= 0.6 is 0 Å². The van der Waals surface area contributed by atoms with Crippen LogP contribution in [0.5, 0.6) is 11.6 Å². The van der Waals surface area contributed by atoms with Crippen LogP contribution in [-0.2, 0) is 19.1 Å². The minimum absolute atomic E-state index is 0.0278. The van der Waals surface area contributed by atoms with Crippen LogP contribution in [0.4, 0.5) is 17.6 Å². The van der Waals surface area contributed by atoms with Crippen LogP contribution in [0.25, 0.3) is 0 Å². The van der Waals surface area contributed by atoms with Crippen molar-refractivity contribution in [3.05, 3.63) is 88.9 Å². The number of ether oxygens (including phenoxy) is 1. The van der Waals surface area contributed by atoms with Gasteiger partial charge in [0.15, 0.2) is 0 Å². The molecule has 3 aromatic rings. The highest BCUT2D eigenvalue weighted by atomic mass is 19.4. The van der Waals surface area contributed by atoms with E-state index in [2.05, 4.69) is 4.98 Å². The molecule has 0 aliphatic carbocycles. The molecule has 32 heavy (non-hydrogen) atoms. The van der Waals surface area contributed by atoms with E-state index in [1.165, 1.54) is 24.4 Å². The molecule has 0 fully saturated rings. The number of pyridine rings is 1. The quantitative estimate of drug-likeness (QED) is 0.504. The molecule has 0 atom stereocenters. The lowest BCUT2D eigenvalue weighted by molar-refractivity contribution is -0.138. The molecule has 2 aromatic carbocycles. The zero-order valence-electron chi connectivity index (χ0n) is 17.2. The first-order chi connectivity index (χ1) is 15.1. The zero-order valence-corrected chi connectivity index (χ0v) is 17.2. The van der Waals surface area contributed by atoms with Gasteiger partial charge in [-0.1, -0.05) is 18.2 Å². The number of hydrogen-bond acceptors (Lipinski definition) is 4. The molecule has 9 heteroatoms. The second kappa shape index (κ2) is 9.78. The van der Waals surface area contributed by atoms with Crippen LogP contribution in [0.15, 0.2) is 60.8 Å². The fraction of sp³-hybridized carbons (Fsp3) is 0.217. The Hall–Kier alpha value is -3.46. The zero-order chi connectivity index (χ0) is 23.3. The van der Waals surface area contributed by atoms with Crippen molar-refractivity contribution < 1.29 is 27.1 Å². The number of likely N-dealkylation sites (N-methyl/N-ethyl adjacent to an activating group) is 1. The van der Waals surface area contributed by atoms with Gasteiger partial charge >= 0.3 is 6.18 Å². The third-order valence-electron chi connectivity index (χ3n) is 4.77. The minimum atomic E-state index is -4.61. The molecule has 168 valence electrons. The lowest BCUT2D eigenvalue weighted by Gasteiger charge is -2.20. The number of nitrogens with two attached hydrogens (primary N) is 1. The molecule has 1 amide bonds. The van der Waals surface area contributed by atoms with Gasteiger partial charge in [-0.15, -0.1) is 0 Å². The molecule has 3 rings (SSSR count). The van der Waals surface area contributed by atoms with Gasteiger partial charge < -0.3 is 15.4 Å². The maximum atomic E-state index is 13.3. The van der Waals surface area contributed by atoms with Crippen molar-refractivity contribution in [2.75, 3.05) is 13.6 Å². The summed E-state index contributed by atoms with van der Waals surface area (Å²) in [6.45, 7) is 0.550. The van der Waals surface area contributed by atoms with Crippen molar-refractivity contribution in [2.24, 2.45) is 5.73 Å². The number of halogens is 4. The summed E-state index contributed by atoms with van der Waals surface area (Å²) in [5, 5.41) is 0. The van der Waals surface area contributed by atoms with Crippen molar-refractivity contribution in [1.82, 2.24) is 9.88 Å². The van der Waals surface area contributed by atoms with E-state index in [4.69, 9.17) is 10.5 Å². The third kappa shape index (κ3) is 6.27. The fourth-order valence-corrected chi connectivity index (χ4v) is 3.07. The van der Waals surface area contributed by atoms with Gasteiger partial charge in [0.05, 0.1) is 11.1 Å². The van der Waals surface area contributed by atoms with Crippen LogP contribution in [0, 0.1) is 5.82 Å². The number of aromatic nitrogens is 1. The number of benzene rings is 2. The topological polar surface area (TPSA) is 68.5 Å². The largest absolute Gasteiger partial charge is 0.439 e. The molecule has 0 aliphatic heterocycles. The summed E-state index contributed by atoms with van der Waals surface area (Å²) in [6, 6.07) is 13.0. The van der Waals surface area contributed by atoms with Crippen molar-refractivity contribution in [2.45, 2.75) is 19.1 Å². The van der Waals surface area contributed by atoms with E-state index >= 15 is 0 Å². The van der Waals surface area contributed by atoms with E-state index in [0.29, 0.717) is 30.7 Å². The summed E-state index contributed by atoms with van der Waals surface area (Å²) in [5.41, 5.74) is 5.49. The number of hydrogen-bond donors (Lipinski definition) is 1. The van der Waals surface area contributed by atoms with Gasteiger partial charge in [-0.2, -0.15) is 13.2 Å². The number of carbonyl (C=O) groups excluding carboxylic acids is 1. The maximum absolute atomic E-state index is 13.3. The van der Waals surface area contributed by atoms with Crippen LogP contribution in [0.2, 0.25) is 0 Å². The van der Waals surface area contributed by atoms with Gasteiger partial charge in [-0.05, 0) is 54.9 Å². The number of amides is 1. The Kier molecular flexibility index (Phi) is 7.09. The predicted molar refractivity (Wildman–Crippen MR) is 111 cm³/mol. The molecule has 0 bridgehead atoms. The summed E-state index contributed by atoms with van der Waals surface area (Å²) in [4.78, 5) is 16.8. The van der Waals surface area contributed by atoms with E-state index in [0.717, 1.165) is 11.6 Å². The monoisotopic (exact) mass is 447 g/mol. The molecule has 0 saturated heterocycles. The molecule has 5 nitrogen and oxygen atoms in total. The molecule has 0 radical (unpaired) electrons. The van der Waals surface area contributed by atoms with Crippen LogP contribution < -0.4 is 10.5 Å². The Balaban J connectivity index is 1.56. The standard InChI is InChI=1S/C23H21F4N3O2/c1-30(14-17-4-6-18(24)12-20(17)23(25,26)27)11-10-15-2-7-19(8-3-15)32-21-9-5-16(13-29-21)22(28)31/h2-9,12-13H,10-11,14H2,1H3,(H2,28,31). The van der Waals surface area contributed by atoms with Crippen LogP contribution in [-0.4, -0.2) is 29.4 Å². The molecule has 1 aromatic heterocycles. The summed E-state index contributed by atoms with van der Waals surface area (Å²) in [6.07, 6.45) is -2.68. The number of primary amides is 1. The van der Waals surface area contributed by atoms with E-state index in [9.17, 15) is 22.4 Å². The molecule has 2 N–H and O–H groups in total. The lowest BCUT2D eigenvalue weighted by Crippen LogP contribution is -2.23. The van der Waals surface area contributed by atoms with Crippen molar-refractivity contribution in [3.63, 3.8) is 0 Å². The maximum Gasteiger partial charge on any atom is 0.416 e. The van der Waals surface area contributed by atoms with Gasteiger partial charge in [0, 0.05) is 25.4 Å². The van der Waals surface area contributed by atoms with Crippen molar-refractivity contribution in [3.8, 4) is 11.6 Å². The first kappa shape index (κ1) is 23.2. The van der Waals surface area contributed by atoms with Gasteiger partial charge in [0.2, 0.25) is 11.8 Å². The molecule has 0 aliphatic rings. The van der Waals surface area contributed by atoms with Gasteiger partial charge in [0.25, 0.3) is 0 Å². The highest BCUT2D eigenvalue weighted by Crippen LogP contribution is 2.33. The first-order valence-electron chi connectivity index (χ1n) is 9.68. The molecule has 1 heterocycles. The fourth-order valence-electron chi connectivity index (χ4n) is 3.07. The Bertz CT molecular complexity index is 1070. The number of carbonyl (C=O) groups is 1. The Morgan fingerprint density at radius 2 is 1.81 bits per heavy atom. The lowest BCUT2D eigenvalue weighted by atomic mass is 10.1. The second-order valence-electron chi connectivity index (χ2n) is 7.28. The Morgan fingerprint density at radius 1 is 1.09 bits per heavy atom. The van der Waals surface area contributed by atoms with Crippen LogP contribution in [0.1, 0.15) is 27.0 Å². The van der Waals surface area contributed by atoms with Crippen molar-refractivity contribution in [1.29, 1.82) is 0 Å². The van der Waals surface area contributed by atoms with E-state index < -0.39 is 23.5 Å². The first-order valence-corrected chi connectivity index (χ1v) is 9.68. The SMILES string of the molecule is CN(CCc1ccc(Oc2ccc(C(N)=O)cn2)cc1)Cc1ccc(F)cc1C(F)(F)F. The summed E-state index contributed by atoms with van der Waals surface area (Å²) < 4.78 is 58.3. The van der Waals surface area contributed by atoms with Gasteiger partial charge in [0.1, 0.15) is 11.6 Å². The summed E-state index contributed by atoms with van der Waals surface area (Å²) >= 11 is 0. The minimum Gasteiger partial charge on any atom is -0.439 e. The average Bonchev–Trinajstić information content (AvgIpc) is 2.74. The third-order valence-corrected chi connectivity index (χ3v) is 4.77. The Morgan fingerprint density at radius 3 is 2.41 bits per heavy atom. The molecular weight excluding hydrogens is 426 g/mol. The van der Waals surface area contributed by atoms with Gasteiger partial charge in [-0.25, -0.2) is 9.37 Å². The summed E-state index contributed by atoms with van der Waals surface area (Å²) in [7, 11) is 1.71. The number of alkyl halides is 3. The number of rotatable bonds is 8. The molecule has 0 unspecified atom stereocenters.